The quantitative estimate of drug-likeness (QED) is 0.278. The SMILES string of the molecule is CCc1ccc(OCCCn2c(C3CC(=O)N(C(C)c4ccccc4)C3)nc3ccccc32)cc1. The van der Waals surface area contributed by atoms with Crippen LogP contribution in [0.3, 0.4) is 0 Å². The molecule has 5 rings (SSSR count). The number of aromatic nitrogens is 2. The van der Waals surface area contributed by atoms with Crippen LogP contribution < -0.4 is 4.74 Å². The number of carbonyl (C=O) groups excluding carboxylic acids is 1. The van der Waals surface area contributed by atoms with Gasteiger partial charge in [-0.3, -0.25) is 4.79 Å². The third-order valence-electron chi connectivity index (χ3n) is 7.08. The Bertz CT molecular complexity index is 1280. The van der Waals surface area contributed by atoms with Gasteiger partial charge in [-0.25, -0.2) is 4.98 Å². The van der Waals surface area contributed by atoms with Crippen molar-refractivity contribution in [2.45, 2.75) is 51.6 Å². The number of nitrogens with zero attached hydrogens (tertiary/aromatic N) is 3. The molecule has 0 spiro atoms. The zero-order chi connectivity index (χ0) is 24.2. The Morgan fingerprint density at radius 1 is 1.00 bits per heavy atom. The number of ether oxygens (including phenoxy) is 1. The van der Waals surface area contributed by atoms with Crippen LogP contribution in [-0.4, -0.2) is 33.5 Å². The summed E-state index contributed by atoms with van der Waals surface area (Å²) in [5.74, 6) is 2.20. The highest BCUT2D eigenvalue weighted by Gasteiger charge is 2.36. The number of hydrogen-bond donors (Lipinski definition) is 0. The van der Waals surface area contributed by atoms with E-state index in [0.29, 0.717) is 19.6 Å². The van der Waals surface area contributed by atoms with Crippen molar-refractivity contribution in [1.29, 1.82) is 0 Å². The van der Waals surface area contributed by atoms with Gasteiger partial charge in [0.25, 0.3) is 0 Å². The molecule has 2 heterocycles. The summed E-state index contributed by atoms with van der Waals surface area (Å²) in [5, 5.41) is 0. The van der Waals surface area contributed by atoms with E-state index >= 15 is 0 Å². The Balaban J connectivity index is 1.30. The van der Waals surface area contributed by atoms with E-state index in [4.69, 9.17) is 9.72 Å². The minimum absolute atomic E-state index is 0.0547. The van der Waals surface area contributed by atoms with Crippen LogP contribution in [0.15, 0.2) is 78.9 Å². The molecule has 0 aliphatic carbocycles. The molecule has 1 aromatic heterocycles. The number of likely N-dealkylation sites (tertiary alicyclic amines) is 1. The number of hydrogen-bond acceptors (Lipinski definition) is 3. The number of aryl methyl sites for hydroxylation is 2. The normalized spacial score (nSPS) is 16.7. The van der Waals surface area contributed by atoms with E-state index in [1.807, 2.05) is 41.3 Å². The lowest BCUT2D eigenvalue weighted by atomic mass is 10.1. The lowest BCUT2D eigenvalue weighted by Gasteiger charge is -2.25. The lowest BCUT2D eigenvalue weighted by molar-refractivity contribution is -0.129. The lowest BCUT2D eigenvalue weighted by Crippen LogP contribution is -2.28. The smallest absolute Gasteiger partial charge is 0.223 e. The maximum atomic E-state index is 13.0. The van der Waals surface area contributed by atoms with Gasteiger partial charge in [0.1, 0.15) is 11.6 Å². The third kappa shape index (κ3) is 4.95. The van der Waals surface area contributed by atoms with Crippen molar-refractivity contribution in [3.05, 3.63) is 95.8 Å². The maximum Gasteiger partial charge on any atom is 0.223 e. The van der Waals surface area contributed by atoms with Gasteiger partial charge in [-0.1, -0.05) is 61.5 Å². The molecule has 0 radical (unpaired) electrons. The zero-order valence-electron chi connectivity index (χ0n) is 20.6. The van der Waals surface area contributed by atoms with Crippen molar-refractivity contribution >= 4 is 16.9 Å². The monoisotopic (exact) mass is 467 g/mol. The molecule has 5 nitrogen and oxygen atoms in total. The van der Waals surface area contributed by atoms with Crippen LogP contribution in [0.1, 0.15) is 55.6 Å². The molecule has 0 saturated carbocycles. The molecule has 0 N–H and O–H groups in total. The molecule has 180 valence electrons. The highest BCUT2D eigenvalue weighted by molar-refractivity contribution is 5.81. The first-order chi connectivity index (χ1) is 17.1. The van der Waals surface area contributed by atoms with Gasteiger partial charge in [-0.2, -0.15) is 0 Å². The van der Waals surface area contributed by atoms with Crippen molar-refractivity contribution in [2.24, 2.45) is 0 Å². The minimum Gasteiger partial charge on any atom is -0.494 e. The zero-order valence-corrected chi connectivity index (χ0v) is 20.6. The molecule has 35 heavy (non-hydrogen) atoms. The van der Waals surface area contributed by atoms with Crippen LogP contribution in [0.4, 0.5) is 0 Å². The summed E-state index contributed by atoms with van der Waals surface area (Å²) in [7, 11) is 0. The van der Waals surface area contributed by atoms with Crippen molar-refractivity contribution in [3.8, 4) is 5.75 Å². The van der Waals surface area contributed by atoms with Crippen LogP contribution in [-0.2, 0) is 17.8 Å². The summed E-state index contributed by atoms with van der Waals surface area (Å²) in [5.41, 5.74) is 4.59. The van der Waals surface area contributed by atoms with Crippen LogP contribution in [0.5, 0.6) is 5.75 Å². The number of carbonyl (C=O) groups is 1. The molecule has 5 heteroatoms. The first-order valence-corrected chi connectivity index (χ1v) is 12.7. The summed E-state index contributed by atoms with van der Waals surface area (Å²) < 4.78 is 8.30. The van der Waals surface area contributed by atoms with Gasteiger partial charge >= 0.3 is 0 Å². The number of imidazole rings is 1. The average Bonchev–Trinajstić information content (AvgIpc) is 3.47. The summed E-state index contributed by atoms with van der Waals surface area (Å²) in [6, 6.07) is 26.9. The fourth-order valence-corrected chi connectivity index (χ4v) is 5.07. The number of rotatable bonds is 9. The van der Waals surface area contributed by atoms with E-state index in [1.165, 1.54) is 11.1 Å². The molecule has 0 bridgehead atoms. The van der Waals surface area contributed by atoms with E-state index < -0.39 is 0 Å². The molecule has 1 aliphatic rings. The maximum absolute atomic E-state index is 13.0. The molecular weight excluding hydrogens is 434 g/mol. The Kier molecular flexibility index (Phi) is 6.84. The van der Waals surface area contributed by atoms with Gasteiger partial charge in [0.15, 0.2) is 0 Å². The summed E-state index contributed by atoms with van der Waals surface area (Å²) in [6.07, 6.45) is 2.40. The van der Waals surface area contributed by atoms with Gasteiger partial charge in [0.2, 0.25) is 5.91 Å². The van der Waals surface area contributed by atoms with Gasteiger partial charge in [-0.15, -0.1) is 0 Å². The molecule has 2 atom stereocenters. The number of para-hydroxylation sites is 2. The Morgan fingerprint density at radius 3 is 2.51 bits per heavy atom. The number of benzene rings is 3. The Labute approximate surface area is 207 Å². The van der Waals surface area contributed by atoms with E-state index in [-0.39, 0.29) is 17.9 Å². The first-order valence-electron chi connectivity index (χ1n) is 12.7. The number of fused-ring (bicyclic) bond motifs is 1. The Hall–Kier alpha value is -3.60. The van der Waals surface area contributed by atoms with E-state index in [1.54, 1.807) is 0 Å². The molecule has 2 unspecified atom stereocenters. The summed E-state index contributed by atoms with van der Waals surface area (Å²) >= 11 is 0. The van der Waals surface area contributed by atoms with Gasteiger partial charge in [0, 0.05) is 25.4 Å². The molecule has 1 fully saturated rings. The van der Waals surface area contributed by atoms with Gasteiger partial charge in [-0.05, 0) is 55.2 Å². The fraction of sp³-hybridized carbons (Fsp3) is 0.333. The van der Waals surface area contributed by atoms with E-state index in [0.717, 1.165) is 42.0 Å². The largest absolute Gasteiger partial charge is 0.494 e. The Morgan fingerprint density at radius 2 is 1.74 bits per heavy atom. The molecule has 1 aliphatic heterocycles. The predicted octanol–water partition coefficient (Wildman–Crippen LogP) is 6.14. The molecule has 4 aromatic rings. The minimum atomic E-state index is 0.0547. The van der Waals surface area contributed by atoms with E-state index in [2.05, 4.69) is 60.9 Å². The highest BCUT2D eigenvalue weighted by atomic mass is 16.5. The van der Waals surface area contributed by atoms with Crippen LogP contribution >= 0.6 is 0 Å². The van der Waals surface area contributed by atoms with E-state index in [9.17, 15) is 4.79 Å². The van der Waals surface area contributed by atoms with Crippen molar-refractivity contribution in [3.63, 3.8) is 0 Å². The molecular formula is C30H33N3O2. The summed E-state index contributed by atoms with van der Waals surface area (Å²) in [4.78, 5) is 20.0. The predicted molar refractivity (Wildman–Crippen MR) is 140 cm³/mol. The highest BCUT2D eigenvalue weighted by Crippen LogP contribution is 2.35. The van der Waals surface area contributed by atoms with Crippen LogP contribution in [0, 0.1) is 0 Å². The molecule has 3 aromatic carbocycles. The third-order valence-corrected chi connectivity index (χ3v) is 7.08. The van der Waals surface area contributed by atoms with Crippen LogP contribution in [0.25, 0.3) is 11.0 Å². The van der Waals surface area contributed by atoms with Gasteiger partial charge < -0.3 is 14.2 Å². The average molecular weight is 468 g/mol. The van der Waals surface area contributed by atoms with Crippen molar-refractivity contribution in [2.75, 3.05) is 13.2 Å². The fourth-order valence-electron chi connectivity index (χ4n) is 5.07. The van der Waals surface area contributed by atoms with Gasteiger partial charge in [0.05, 0.1) is 23.7 Å². The second-order valence-electron chi connectivity index (χ2n) is 9.34. The molecule has 1 saturated heterocycles. The second kappa shape index (κ2) is 10.3. The van der Waals surface area contributed by atoms with Crippen molar-refractivity contribution in [1.82, 2.24) is 14.5 Å². The first kappa shape index (κ1) is 23.2. The van der Waals surface area contributed by atoms with Crippen molar-refractivity contribution < 1.29 is 9.53 Å². The molecule has 1 amide bonds. The number of amides is 1. The van der Waals surface area contributed by atoms with Crippen LogP contribution in [0.2, 0.25) is 0 Å². The summed E-state index contributed by atoms with van der Waals surface area (Å²) in [6.45, 7) is 6.41. The second-order valence-corrected chi connectivity index (χ2v) is 9.34. The standard InChI is InChI=1S/C30H33N3O2/c1-3-23-14-16-26(17-15-23)35-19-9-18-32-28-13-8-7-12-27(28)31-30(32)25-20-29(34)33(21-25)22(2)24-10-5-4-6-11-24/h4-8,10-17,22,25H,3,9,18-21H2,1-2H3. The topological polar surface area (TPSA) is 47.4 Å².